The van der Waals surface area contributed by atoms with Crippen molar-refractivity contribution >= 4 is 0 Å². The standard InChI is InChI=1S/C15H17FN2O/c1-3-19-12-8-6-11(7-9-12)14(17-2)15-13(16)5-4-10-18-15/h4-10,14,17H,3H2,1-2H3. The Balaban J connectivity index is 2.29. The summed E-state index contributed by atoms with van der Waals surface area (Å²) in [5.74, 6) is 0.498. The minimum atomic E-state index is -0.310. The third-order valence-electron chi connectivity index (χ3n) is 2.87. The predicted molar refractivity (Wildman–Crippen MR) is 72.7 cm³/mol. The zero-order valence-electron chi connectivity index (χ0n) is 11.1. The molecule has 100 valence electrons. The molecule has 1 aromatic heterocycles. The van der Waals surface area contributed by atoms with E-state index in [4.69, 9.17) is 4.74 Å². The lowest BCUT2D eigenvalue weighted by Gasteiger charge is -2.17. The van der Waals surface area contributed by atoms with E-state index in [1.807, 2.05) is 31.2 Å². The first-order chi connectivity index (χ1) is 9.26. The molecule has 3 nitrogen and oxygen atoms in total. The average Bonchev–Trinajstić information content (AvgIpc) is 2.44. The van der Waals surface area contributed by atoms with Crippen molar-refractivity contribution in [2.75, 3.05) is 13.7 Å². The molecule has 1 N–H and O–H groups in total. The lowest BCUT2D eigenvalue weighted by atomic mass is 10.0. The van der Waals surface area contributed by atoms with Crippen molar-refractivity contribution in [3.8, 4) is 5.75 Å². The van der Waals surface area contributed by atoms with E-state index >= 15 is 0 Å². The minimum Gasteiger partial charge on any atom is -0.494 e. The normalized spacial score (nSPS) is 12.2. The molecule has 2 rings (SSSR count). The summed E-state index contributed by atoms with van der Waals surface area (Å²) in [6, 6.07) is 10.3. The molecule has 0 amide bonds. The van der Waals surface area contributed by atoms with Gasteiger partial charge >= 0.3 is 0 Å². The van der Waals surface area contributed by atoms with Crippen LogP contribution in [0.25, 0.3) is 0 Å². The quantitative estimate of drug-likeness (QED) is 0.897. The van der Waals surface area contributed by atoms with E-state index in [2.05, 4.69) is 10.3 Å². The highest BCUT2D eigenvalue weighted by Gasteiger charge is 2.17. The third-order valence-corrected chi connectivity index (χ3v) is 2.87. The third kappa shape index (κ3) is 3.09. The molecular formula is C15H17FN2O. The van der Waals surface area contributed by atoms with E-state index < -0.39 is 0 Å². The van der Waals surface area contributed by atoms with E-state index in [1.165, 1.54) is 6.07 Å². The Morgan fingerprint density at radius 1 is 1.26 bits per heavy atom. The van der Waals surface area contributed by atoms with E-state index in [1.54, 1.807) is 19.3 Å². The molecule has 0 spiro atoms. The summed E-state index contributed by atoms with van der Waals surface area (Å²) < 4.78 is 19.2. The lowest BCUT2D eigenvalue weighted by Crippen LogP contribution is -2.20. The smallest absolute Gasteiger partial charge is 0.146 e. The largest absolute Gasteiger partial charge is 0.494 e. The van der Waals surface area contributed by atoms with Gasteiger partial charge in [-0.15, -0.1) is 0 Å². The molecule has 0 aliphatic rings. The highest BCUT2D eigenvalue weighted by molar-refractivity contribution is 5.33. The van der Waals surface area contributed by atoms with Crippen LogP contribution in [0.15, 0.2) is 42.6 Å². The molecule has 0 saturated heterocycles. The molecule has 0 aliphatic carbocycles. The number of halogens is 1. The van der Waals surface area contributed by atoms with E-state index in [0.717, 1.165) is 11.3 Å². The Labute approximate surface area is 112 Å². The van der Waals surface area contributed by atoms with Gasteiger partial charge in [-0.2, -0.15) is 0 Å². The molecule has 0 radical (unpaired) electrons. The van der Waals surface area contributed by atoms with Crippen molar-refractivity contribution < 1.29 is 9.13 Å². The van der Waals surface area contributed by atoms with Gasteiger partial charge in [-0.05, 0) is 43.8 Å². The fraction of sp³-hybridized carbons (Fsp3) is 0.267. The van der Waals surface area contributed by atoms with Gasteiger partial charge in [-0.3, -0.25) is 4.98 Å². The SMILES string of the molecule is CCOc1ccc(C(NC)c2ncccc2F)cc1. The zero-order chi connectivity index (χ0) is 13.7. The second kappa shape index (κ2) is 6.29. The Bertz CT molecular complexity index is 528. The Morgan fingerprint density at radius 2 is 2.00 bits per heavy atom. The molecule has 1 heterocycles. The molecule has 19 heavy (non-hydrogen) atoms. The highest BCUT2D eigenvalue weighted by Crippen LogP contribution is 2.24. The van der Waals surface area contributed by atoms with Crippen molar-refractivity contribution in [1.29, 1.82) is 0 Å². The van der Waals surface area contributed by atoms with Crippen molar-refractivity contribution in [2.45, 2.75) is 13.0 Å². The zero-order valence-corrected chi connectivity index (χ0v) is 11.1. The molecule has 1 unspecified atom stereocenters. The predicted octanol–water partition coefficient (Wildman–Crippen LogP) is 2.93. The fourth-order valence-corrected chi connectivity index (χ4v) is 1.99. The van der Waals surface area contributed by atoms with Crippen molar-refractivity contribution in [2.24, 2.45) is 0 Å². The van der Waals surface area contributed by atoms with Gasteiger partial charge in [0.15, 0.2) is 0 Å². The molecule has 0 fully saturated rings. The number of rotatable bonds is 5. The van der Waals surface area contributed by atoms with Gasteiger partial charge in [-0.1, -0.05) is 12.1 Å². The van der Waals surface area contributed by atoms with Crippen LogP contribution in [-0.4, -0.2) is 18.6 Å². The maximum atomic E-state index is 13.8. The van der Waals surface area contributed by atoms with Crippen LogP contribution in [0.2, 0.25) is 0 Å². The van der Waals surface area contributed by atoms with Gasteiger partial charge in [0.1, 0.15) is 11.6 Å². The first-order valence-corrected chi connectivity index (χ1v) is 6.26. The van der Waals surface area contributed by atoms with Crippen LogP contribution in [0.5, 0.6) is 5.75 Å². The van der Waals surface area contributed by atoms with Gasteiger partial charge in [0.2, 0.25) is 0 Å². The Morgan fingerprint density at radius 3 is 2.58 bits per heavy atom. The van der Waals surface area contributed by atoms with Crippen molar-refractivity contribution in [1.82, 2.24) is 10.3 Å². The molecule has 1 aromatic carbocycles. The molecule has 4 heteroatoms. The molecule has 0 bridgehead atoms. The minimum absolute atomic E-state index is 0.267. The van der Waals surface area contributed by atoms with E-state index in [9.17, 15) is 4.39 Å². The first-order valence-electron chi connectivity index (χ1n) is 6.26. The molecular weight excluding hydrogens is 243 g/mol. The maximum absolute atomic E-state index is 13.8. The fourth-order valence-electron chi connectivity index (χ4n) is 1.99. The summed E-state index contributed by atoms with van der Waals surface area (Å²) in [5, 5.41) is 3.08. The van der Waals surface area contributed by atoms with Crippen LogP contribution in [0, 0.1) is 5.82 Å². The van der Waals surface area contributed by atoms with E-state index in [0.29, 0.717) is 12.3 Å². The molecule has 0 aliphatic heterocycles. The second-order valence-electron chi connectivity index (χ2n) is 4.09. The maximum Gasteiger partial charge on any atom is 0.146 e. The van der Waals surface area contributed by atoms with Crippen LogP contribution in [-0.2, 0) is 0 Å². The van der Waals surface area contributed by atoms with Crippen LogP contribution in [0.3, 0.4) is 0 Å². The number of hydrogen-bond donors (Lipinski definition) is 1. The number of aromatic nitrogens is 1. The van der Waals surface area contributed by atoms with Crippen LogP contribution in [0.1, 0.15) is 24.2 Å². The summed E-state index contributed by atoms with van der Waals surface area (Å²) >= 11 is 0. The topological polar surface area (TPSA) is 34.1 Å². The van der Waals surface area contributed by atoms with Gasteiger partial charge < -0.3 is 10.1 Å². The highest BCUT2D eigenvalue weighted by atomic mass is 19.1. The number of pyridine rings is 1. The van der Waals surface area contributed by atoms with Crippen LogP contribution in [0.4, 0.5) is 4.39 Å². The first kappa shape index (κ1) is 13.5. The Kier molecular flexibility index (Phi) is 4.47. The number of nitrogens with one attached hydrogen (secondary N) is 1. The Hall–Kier alpha value is -1.94. The van der Waals surface area contributed by atoms with Crippen LogP contribution < -0.4 is 10.1 Å². The summed E-state index contributed by atoms with van der Waals surface area (Å²) in [6.45, 7) is 2.57. The van der Waals surface area contributed by atoms with Gasteiger partial charge in [0, 0.05) is 6.20 Å². The number of ether oxygens (including phenoxy) is 1. The monoisotopic (exact) mass is 260 g/mol. The summed E-state index contributed by atoms with van der Waals surface area (Å²) in [4.78, 5) is 4.12. The number of nitrogens with zero attached hydrogens (tertiary/aromatic N) is 1. The van der Waals surface area contributed by atoms with Crippen LogP contribution >= 0.6 is 0 Å². The molecule has 2 aromatic rings. The second-order valence-corrected chi connectivity index (χ2v) is 4.09. The van der Waals surface area contributed by atoms with Crippen molar-refractivity contribution in [3.63, 3.8) is 0 Å². The summed E-state index contributed by atoms with van der Waals surface area (Å²) in [7, 11) is 1.79. The molecule has 1 atom stereocenters. The number of benzene rings is 1. The average molecular weight is 260 g/mol. The van der Waals surface area contributed by atoms with Gasteiger partial charge in [0.25, 0.3) is 0 Å². The van der Waals surface area contributed by atoms with Gasteiger partial charge in [0.05, 0.1) is 18.3 Å². The lowest BCUT2D eigenvalue weighted by molar-refractivity contribution is 0.340. The molecule has 0 saturated carbocycles. The van der Waals surface area contributed by atoms with E-state index in [-0.39, 0.29) is 11.9 Å². The number of hydrogen-bond acceptors (Lipinski definition) is 3. The van der Waals surface area contributed by atoms with Gasteiger partial charge in [-0.25, -0.2) is 4.39 Å². The van der Waals surface area contributed by atoms with Crippen molar-refractivity contribution in [3.05, 3.63) is 59.7 Å². The summed E-state index contributed by atoms with van der Waals surface area (Å²) in [5.41, 5.74) is 1.35. The summed E-state index contributed by atoms with van der Waals surface area (Å²) in [6.07, 6.45) is 1.59.